The Morgan fingerprint density at radius 3 is 2.90 bits per heavy atom. The van der Waals surface area contributed by atoms with E-state index in [4.69, 9.17) is 0 Å². The van der Waals surface area contributed by atoms with E-state index in [1.807, 2.05) is 18.2 Å². The number of allylic oxidation sites excluding steroid dienone is 1. The van der Waals surface area contributed by atoms with Crippen molar-refractivity contribution in [2.75, 3.05) is 18.5 Å². The van der Waals surface area contributed by atoms with E-state index in [0.717, 1.165) is 35.1 Å². The number of carbonyl (C=O) groups is 1. The predicted octanol–water partition coefficient (Wildman–Crippen LogP) is 3.68. The summed E-state index contributed by atoms with van der Waals surface area (Å²) in [5.41, 5.74) is 3.11. The number of ketones is 1. The van der Waals surface area contributed by atoms with Crippen molar-refractivity contribution in [1.82, 2.24) is 4.98 Å². The zero-order valence-electron chi connectivity index (χ0n) is 12.3. The quantitative estimate of drug-likeness (QED) is 0.775. The minimum atomic E-state index is 0.0511. The Bertz CT molecular complexity index is 646. The van der Waals surface area contributed by atoms with Crippen LogP contribution in [0.25, 0.3) is 17.0 Å². The van der Waals surface area contributed by atoms with Gasteiger partial charge in [0.05, 0.1) is 5.52 Å². The van der Waals surface area contributed by atoms with Gasteiger partial charge in [-0.15, -0.1) is 0 Å². The standard InChI is InChI=1S/C17H20N2O/c1-4-10-19(3)17-12-14-6-5-9-18-16(14)11-15(17)8-7-13(2)20/h5-9,11-12H,4,10H2,1-3H3/b8-7+. The van der Waals surface area contributed by atoms with Crippen LogP contribution >= 0.6 is 0 Å². The van der Waals surface area contributed by atoms with Gasteiger partial charge < -0.3 is 4.90 Å². The fourth-order valence-corrected chi connectivity index (χ4v) is 2.25. The molecule has 1 heterocycles. The van der Waals surface area contributed by atoms with E-state index in [1.54, 1.807) is 19.2 Å². The molecule has 104 valence electrons. The van der Waals surface area contributed by atoms with Crippen LogP contribution in [-0.4, -0.2) is 24.4 Å². The highest BCUT2D eigenvalue weighted by molar-refractivity contribution is 5.94. The first-order valence-corrected chi connectivity index (χ1v) is 6.90. The zero-order valence-corrected chi connectivity index (χ0v) is 12.3. The number of anilines is 1. The monoisotopic (exact) mass is 268 g/mol. The minimum Gasteiger partial charge on any atom is -0.374 e. The Balaban J connectivity index is 2.55. The average molecular weight is 268 g/mol. The molecule has 0 atom stereocenters. The number of fused-ring (bicyclic) bond motifs is 1. The number of benzene rings is 1. The SMILES string of the molecule is CCCN(C)c1cc2cccnc2cc1/C=C/C(C)=O. The van der Waals surface area contributed by atoms with Gasteiger partial charge in [-0.2, -0.15) is 0 Å². The van der Waals surface area contributed by atoms with E-state index in [9.17, 15) is 4.79 Å². The largest absolute Gasteiger partial charge is 0.374 e. The zero-order chi connectivity index (χ0) is 14.5. The highest BCUT2D eigenvalue weighted by Crippen LogP contribution is 2.26. The minimum absolute atomic E-state index is 0.0511. The topological polar surface area (TPSA) is 33.2 Å². The molecule has 1 aromatic carbocycles. The van der Waals surface area contributed by atoms with E-state index in [2.05, 4.69) is 36.0 Å². The summed E-state index contributed by atoms with van der Waals surface area (Å²) in [5, 5.41) is 1.12. The van der Waals surface area contributed by atoms with Crippen molar-refractivity contribution in [2.24, 2.45) is 0 Å². The number of pyridine rings is 1. The lowest BCUT2D eigenvalue weighted by Crippen LogP contribution is -2.18. The summed E-state index contributed by atoms with van der Waals surface area (Å²) in [5.74, 6) is 0.0511. The second kappa shape index (κ2) is 6.33. The number of nitrogens with zero attached hydrogens (tertiary/aromatic N) is 2. The smallest absolute Gasteiger partial charge is 0.152 e. The van der Waals surface area contributed by atoms with Gasteiger partial charge in [0.2, 0.25) is 0 Å². The number of aromatic nitrogens is 1. The summed E-state index contributed by atoms with van der Waals surface area (Å²) in [6, 6.07) is 8.18. The van der Waals surface area contributed by atoms with E-state index in [-0.39, 0.29) is 5.78 Å². The fourth-order valence-electron chi connectivity index (χ4n) is 2.25. The molecule has 0 saturated heterocycles. The molecular formula is C17H20N2O. The molecule has 0 aliphatic heterocycles. The third-order valence-electron chi connectivity index (χ3n) is 3.22. The molecule has 20 heavy (non-hydrogen) atoms. The predicted molar refractivity (Wildman–Crippen MR) is 85.0 cm³/mol. The normalized spacial score (nSPS) is 11.2. The maximum atomic E-state index is 11.2. The molecule has 2 rings (SSSR count). The van der Waals surface area contributed by atoms with E-state index in [1.165, 1.54) is 0 Å². The Morgan fingerprint density at radius 2 is 2.20 bits per heavy atom. The molecule has 0 bridgehead atoms. The highest BCUT2D eigenvalue weighted by Gasteiger charge is 2.07. The molecule has 0 N–H and O–H groups in total. The first-order valence-electron chi connectivity index (χ1n) is 6.90. The Labute approximate surface area is 119 Å². The molecule has 0 aliphatic rings. The molecule has 3 heteroatoms. The van der Waals surface area contributed by atoms with Crippen LogP contribution in [0.15, 0.2) is 36.5 Å². The second-order valence-electron chi connectivity index (χ2n) is 4.97. The summed E-state index contributed by atoms with van der Waals surface area (Å²) < 4.78 is 0. The van der Waals surface area contributed by atoms with Crippen molar-refractivity contribution in [3.63, 3.8) is 0 Å². The number of hydrogen-bond acceptors (Lipinski definition) is 3. The Kier molecular flexibility index (Phi) is 4.51. The van der Waals surface area contributed by atoms with Crippen LogP contribution in [-0.2, 0) is 4.79 Å². The van der Waals surface area contributed by atoms with Crippen LogP contribution in [0.2, 0.25) is 0 Å². The van der Waals surface area contributed by atoms with Gasteiger partial charge in [0.25, 0.3) is 0 Å². The maximum absolute atomic E-state index is 11.2. The van der Waals surface area contributed by atoms with Crippen LogP contribution < -0.4 is 4.90 Å². The van der Waals surface area contributed by atoms with E-state index >= 15 is 0 Å². The van der Waals surface area contributed by atoms with E-state index < -0.39 is 0 Å². The molecule has 0 radical (unpaired) electrons. The molecule has 1 aromatic heterocycles. The summed E-state index contributed by atoms with van der Waals surface area (Å²) >= 11 is 0. The van der Waals surface area contributed by atoms with Gasteiger partial charge in [0.15, 0.2) is 5.78 Å². The third-order valence-corrected chi connectivity index (χ3v) is 3.22. The lowest BCUT2D eigenvalue weighted by molar-refractivity contribution is -0.112. The van der Waals surface area contributed by atoms with Crippen LogP contribution in [0.1, 0.15) is 25.8 Å². The second-order valence-corrected chi connectivity index (χ2v) is 4.97. The van der Waals surface area contributed by atoms with Crippen LogP contribution in [0.4, 0.5) is 5.69 Å². The first-order chi connectivity index (χ1) is 9.61. The third kappa shape index (κ3) is 3.23. The van der Waals surface area contributed by atoms with Gasteiger partial charge in [-0.05, 0) is 43.7 Å². The Hall–Kier alpha value is -2.16. The van der Waals surface area contributed by atoms with Crippen molar-refractivity contribution >= 4 is 28.4 Å². The van der Waals surface area contributed by atoms with Gasteiger partial charge in [-0.3, -0.25) is 9.78 Å². The van der Waals surface area contributed by atoms with Gasteiger partial charge in [0, 0.05) is 36.4 Å². The molecule has 0 amide bonds. The fraction of sp³-hybridized carbons (Fsp3) is 0.294. The Morgan fingerprint density at radius 1 is 1.40 bits per heavy atom. The lowest BCUT2D eigenvalue weighted by atomic mass is 10.1. The summed E-state index contributed by atoms with van der Waals surface area (Å²) in [6.07, 6.45) is 6.35. The average Bonchev–Trinajstić information content (AvgIpc) is 2.44. The van der Waals surface area contributed by atoms with Crippen LogP contribution in [0, 0.1) is 0 Å². The molecule has 0 aliphatic carbocycles. The number of rotatable bonds is 5. The van der Waals surface area contributed by atoms with Crippen molar-refractivity contribution < 1.29 is 4.79 Å². The van der Waals surface area contributed by atoms with Crippen molar-refractivity contribution in [3.05, 3.63) is 42.1 Å². The number of carbonyl (C=O) groups excluding carboxylic acids is 1. The number of hydrogen-bond donors (Lipinski definition) is 0. The summed E-state index contributed by atoms with van der Waals surface area (Å²) in [7, 11) is 2.08. The molecule has 0 fully saturated rings. The summed E-state index contributed by atoms with van der Waals surface area (Å²) in [4.78, 5) is 17.8. The van der Waals surface area contributed by atoms with Crippen molar-refractivity contribution in [3.8, 4) is 0 Å². The van der Waals surface area contributed by atoms with Gasteiger partial charge in [-0.25, -0.2) is 0 Å². The van der Waals surface area contributed by atoms with Crippen LogP contribution in [0.5, 0.6) is 0 Å². The van der Waals surface area contributed by atoms with Gasteiger partial charge in [0.1, 0.15) is 0 Å². The molecule has 0 spiro atoms. The highest BCUT2D eigenvalue weighted by atomic mass is 16.1. The first kappa shape index (κ1) is 14.3. The van der Waals surface area contributed by atoms with Crippen molar-refractivity contribution in [1.29, 1.82) is 0 Å². The maximum Gasteiger partial charge on any atom is 0.152 e. The van der Waals surface area contributed by atoms with Gasteiger partial charge in [-0.1, -0.05) is 13.0 Å². The molecule has 2 aromatic rings. The lowest BCUT2D eigenvalue weighted by Gasteiger charge is -2.21. The van der Waals surface area contributed by atoms with Crippen LogP contribution in [0.3, 0.4) is 0 Å². The molecule has 3 nitrogen and oxygen atoms in total. The molecule has 0 saturated carbocycles. The van der Waals surface area contributed by atoms with E-state index in [0.29, 0.717) is 0 Å². The van der Waals surface area contributed by atoms with Gasteiger partial charge >= 0.3 is 0 Å². The molecule has 0 unspecified atom stereocenters. The van der Waals surface area contributed by atoms with Crippen molar-refractivity contribution in [2.45, 2.75) is 20.3 Å². The molecular weight excluding hydrogens is 248 g/mol. The summed E-state index contributed by atoms with van der Waals surface area (Å²) in [6.45, 7) is 4.70.